The topological polar surface area (TPSA) is 41.5 Å². The number of phenols is 1. The van der Waals surface area contributed by atoms with E-state index in [0.29, 0.717) is 12.4 Å². The molecule has 20 heavy (non-hydrogen) atoms. The molecule has 0 spiro atoms. The van der Waals surface area contributed by atoms with Crippen LogP contribution in [-0.2, 0) is 11.3 Å². The quantitative estimate of drug-likeness (QED) is 0.846. The van der Waals surface area contributed by atoms with Gasteiger partial charge in [0.25, 0.3) is 0 Å². The Bertz CT molecular complexity index is 586. The van der Waals surface area contributed by atoms with Gasteiger partial charge in [0.1, 0.15) is 5.75 Å². The van der Waals surface area contributed by atoms with Gasteiger partial charge in [0.05, 0.1) is 12.6 Å². The van der Waals surface area contributed by atoms with E-state index in [1.165, 1.54) is 0 Å². The monoisotopic (exact) mass is 335 g/mol. The van der Waals surface area contributed by atoms with Crippen LogP contribution in [0.15, 0.2) is 46.9 Å². The molecule has 0 bridgehead atoms. The van der Waals surface area contributed by atoms with Gasteiger partial charge >= 0.3 is 0 Å². The number of halogens is 1. The highest BCUT2D eigenvalue weighted by atomic mass is 79.9. The maximum absolute atomic E-state index is 9.91. The minimum absolute atomic E-state index is 0.00102. The highest BCUT2D eigenvalue weighted by molar-refractivity contribution is 9.10. The molecule has 0 fully saturated rings. The third-order valence-electron chi connectivity index (χ3n) is 3.18. The molecule has 2 aromatic carbocycles. The zero-order chi connectivity index (χ0) is 14.5. The van der Waals surface area contributed by atoms with E-state index in [0.717, 1.165) is 21.3 Å². The van der Waals surface area contributed by atoms with Crippen LogP contribution >= 0.6 is 15.9 Å². The smallest absolute Gasteiger partial charge is 0.120 e. The molecule has 1 atom stereocenters. The lowest BCUT2D eigenvalue weighted by atomic mass is 10.1. The normalized spacial score (nSPS) is 12.2. The van der Waals surface area contributed by atoms with E-state index in [4.69, 9.17) is 4.74 Å². The van der Waals surface area contributed by atoms with Crippen molar-refractivity contribution in [3.8, 4) is 5.75 Å². The molecule has 4 heteroatoms. The molecule has 0 radical (unpaired) electrons. The summed E-state index contributed by atoms with van der Waals surface area (Å²) in [5.41, 5.74) is 2.94. The third-order valence-corrected chi connectivity index (χ3v) is 3.93. The highest BCUT2D eigenvalue weighted by Crippen LogP contribution is 2.31. The Morgan fingerprint density at radius 2 is 1.95 bits per heavy atom. The lowest BCUT2D eigenvalue weighted by Crippen LogP contribution is -2.09. The van der Waals surface area contributed by atoms with Gasteiger partial charge in [-0.2, -0.15) is 0 Å². The van der Waals surface area contributed by atoms with Gasteiger partial charge in [0.15, 0.2) is 0 Å². The lowest BCUT2D eigenvalue weighted by Gasteiger charge is -2.20. The number of aromatic hydroxyl groups is 1. The fourth-order valence-corrected chi connectivity index (χ4v) is 2.63. The predicted molar refractivity (Wildman–Crippen MR) is 85.0 cm³/mol. The van der Waals surface area contributed by atoms with Crippen molar-refractivity contribution in [2.24, 2.45) is 0 Å². The SMILES string of the molecule is COCc1c(Br)cccc1NC(C)c1ccccc1O. The number of anilines is 1. The van der Waals surface area contributed by atoms with Crippen LogP contribution in [0.2, 0.25) is 0 Å². The number of rotatable bonds is 5. The molecule has 0 heterocycles. The Hall–Kier alpha value is -1.52. The molecular formula is C16H18BrNO2. The van der Waals surface area contributed by atoms with Gasteiger partial charge in [-0.15, -0.1) is 0 Å². The van der Waals surface area contributed by atoms with E-state index in [2.05, 4.69) is 21.2 Å². The van der Waals surface area contributed by atoms with Crippen molar-refractivity contribution in [3.63, 3.8) is 0 Å². The van der Waals surface area contributed by atoms with Crippen LogP contribution in [0.3, 0.4) is 0 Å². The van der Waals surface area contributed by atoms with Crippen LogP contribution in [0.5, 0.6) is 5.75 Å². The molecule has 0 aliphatic heterocycles. The minimum Gasteiger partial charge on any atom is -0.508 e. The van der Waals surface area contributed by atoms with Crippen LogP contribution in [0.4, 0.5) is 5.69 Å². The molecule has 0 aromatic heterocycles. The van der Waals surface area contributed by atoms with Gasteiger partial charge in [-0.25, -0.2) is 0 Å². The molecule has 0 saturated carbocycles. The highest BCUT2D eigenvalue weighted by Gasteiger charge is 2.13. The first kappa shape index (κ1) is 14.9. The number of para-hydroxylation sites is 1. The van der Waals surface area contributed by atoms with Gasteiger partial charge in [-0.1, -0.05) is 40.2 Å². The van der Waals surface area contributed by atoms with Crippen LogP contribution in [0.25, 0.3) is 0 Å². The number of hydrogen-bond donors (Lipinski definition) is 2. The maximum atomic E-state index is 9.91. The van der Waals surface area contributed by atoms with E-state index in [9.17, 15) is 5.11 Å². The molecule has 0 amide bonds. The summed E-state index contributed by atoms with van der Waals surface area (Å²) in [6.45, 7) is 2.55. The Kier molecular flexibility index (Phi) is 5.04. The van der Waals surface area contributed by atoms with Crippen molar-refractivity contribution >= 4 is 21.6 Å². The summed E-state index contributed by atoms with van der Waals surface area (Å²) in [5, 5.41) is 13.3. The Labute approximate surface area is 127 Å². The van der Waals surface area contributed by atoms with E-state index >= 15 is 0 Å². The van der Waals surface area contributed by atoms with Crippen molar-refractivity contribution in [2.75, 3.05) is 12.4 Å². The largest absolute Gasteiger partial charge is 0.508 e. The van der Waals surface area contributed by atoms with Gasteiger partial charge in [-0.3, -0.25) is 0 Å². The average molecular weight is 336 g/mol. The summed E-state index contributed by atoms with van der Waals surface area (Å²) < 4.78 is 6.25. The maximum Gasteiger partial charge on any atom is 0.120 e. The summed E-state index contributed by atoms with van der Waals surface area (Å²) in [5.74, 6) is 0.302. The number of phenolic OH excluding ortho intramolecular Hbond substituents is 1. The van der Waals surface area contributed by atoms with E-state index in [-0.39, 0.29) is 6.04 Å². The average Bonchev–Trinajstić information content (AvgIpc) is 2.43. The summed E-state index contributed by atoms with van der Waals surface area (Å²) >= 11 is 3.54. The molecule has 0 aliphatic rings. The molecule has 0 aliphatic carbocycles. The number of benzene rings is 2. The standard InChI is InChI=1S/C16H18BrNO2/c1-11(12-6-3-4-9-16(12)19)18-15-8-5-7-14(17)13(15)10-20-2/h3-9,11,18-19H,10H2,1-2H3. The summed E-state index contributed by atoms with van der Waals surface area (Å²) in [6.07, 6.45) is 0. The minimum atomic E-state index is 0.00102. The fourth-order valence-electron chi connectivity index (χ4n) is 2.15. The van der Waals surface area contributed by atoms with E-state index in [1.807, 2.05) is 43.3 Å². The number of nitrogens with one attached hydrogen (secondary N) is 1. The van der Waals surface area contributed by atoms with Gasteiger partial charge in [0, 0.05) is 28.4 Å². The van der Waals surface area contributed by atoms with Crippen LogP contribution in [-0.4, -0.2) is 12.2 Å². The number of hydrogen-bond acceptors (Lipinski definition) is 3. The Morgan fingerprint density at radius 1 is 1.20 bits per heavy atom. The first-order valence-corrected chi connectivity index (χ1v) is 7.23. The second kappa shape index (κ2) is 6.77. The molecule has 1 unspecified atom stereocenters. The lowest BCUT2D eigenvalue weighted by molar-refractivity contribution is 0.185. The third kappa shape index (κ3) is 3.32. The molecule has 106 valence electrons. The van der Waals surface area contributed by atoms with E-state index in [1.54, 1.807) is 13.2 Å². The van der Waals surface area contributed by atoms with Crippen LogP contribution < -0.4 is 5.32 Å². The summed E-state index contributed by atoms with van der Waals surface area (Å²) in [4.78, 5) is 0. The second-order valence-corrected chi connectivity index (χ2v) is 5.48. The van der Waals surface area contributed by atoms with Gasteiger partial charge in [0.2, 0.25) is 0 Å². The van der Waals surface area contributed by atoms with Crippen molar-refractivity contribution in [3.05, 3.63) is 58.1 Å². The van der Waals surface area contributed by atoms with Crippen LogP contribution in [0.1, 0.15) is 24.1 Å². The van der Waals surface area contributed by atoms with E-state index < -0.39 is 0 Å². The predicted octanol–water partition coefficient (Wildman–Crippen LogP) is 4.47. The molecule has 0 saturated heterocycles. The van der Waals surface area contributed by atoms with Crippen molar-refractivity contribution in [1.29, 1.82) is 0 Å². The molecule has 2 N–H and O–H groups in total. The van der Waals surface area contributed by atoms with Crippen molar-refractivity contribution in [2.45, 2.75) is 19.6 Å². The van der Waals surface area contributed by atoms with Crippen molar-refractivity contribution in [1.82, 2.24) is 0 Å². The number of methoxy groups -OCH3 is 1. The first-order valence-electron chi connectivity index (χ1n) is 6.44. The summed E-state index contributed by atoms with van der Waals surface area (Å²) in [6, 6.07) is 13.3. The molecular weight excluding hydrogens is 318 g/mol. The summed E-state index contributed by atoms with van der Waals surface area (Å²) in [7, 11) is 1.68. The molecule has 2 aromatic rings. The Balaban J connectivity index is 2.26. The number of ether oxygens (including phenoxy) is 1. The Morgan fingerprint density at radius 3 is 2.65 bits per heavy atom. The molecule has 2 rings (SSSR count). The zero-order valence-corrected chi connectivity index (χ0v) is 13.1. The first-order chi connectivity index (χ1) is 9.63. The van der Waals surface area contributed by atoms with Gasteiger partial charge in [-0.05, 0) is 25.1 Å². The van der Waals surface area contributed by atoms with Crippen molar-refractivity contribution < 1.29 is 9.84 Å². The van der Waals surface area contributed by atoms with Crippen LogP contribution in [0, 0.1) is 0 Å². The zero-order valence-electron chi connectivity index (χ0n) is 11.6. The second-order valence-electron chi connectivity index (χ2n) is 4.62. The fraction of sp³-hybridized carbons (Fsp3) is 0.250. The molecule has 3 nitrogen and oxygen atoms in total. The van der Waals surface area contributed by atoms with Gasteiger partial charge < -0.3 is 15.2 Å².